The van der Waals surface area contributed by atoms with Gasteiger partial charge in [-0.3, -0.25) is 4.98 Å². The van der Waals surface area contributed by atoms with Gasteiger partial charge in [0.2, 0.25) is 0 Å². The summed E-state index contributed by atoms with van der Waals surface area (Å²) in [5.74, 6) is 1.20. The van der Waals surface area contributed by atoms with Crippen molar-refractivity contribution in [1.82, 2.24) is 20.1 Å². The van der Waals surface area contributed by atoms with Crippen LogP contribution < -0.4 is 9.47 Å². The lowest BCUT2D eigenvalue weighted by atomic mass is 10.0. The number of rotatable bonds is 7. The lowest BCUT2D eigenvalue weighted by molar-refractivity contribution is 0.0270. The van der Waals surface area contributed by atoms with Crippen LogP contribution in [0.2, 0.25) is 0 Å². The van der Waals surface area contributed by atoms with Gasteiger partial charge in [0.05, 0.1) is 31.1 Å². The van der Waals surface area contributed by atoms with E-state index in [-0.39, 0.29) is 6.09 Å². The number of nitrogens with zero attached hydrogens (tertiary/aromatic N) is 4. The predicted molar refractivity (Wildman–Crippen MR) is 137 cm³/mol. The molecule has 0 spiro atoms. The highest BCUT2D eigenvalue weighted by molar-refractivity contribution is 5.95. The molecule has 1 aromatic carbocycles. The van der Waals surface area contributed by atoms with Gasteiger partial charge >= 0.3 is 6.09 Å². The Kier molecular flexibility index (Phi) is 7.69. The zero-order valence-electron chi connectivity index (χ0n) is 21.4. The monoisotopic (exact) mass is 492 g/mol. The summed E-state index contributed by atoms with van der Waals surface area (Å²) >= 11 is 0. The van der Waals surface area contributed by atoms with Crippen LogP contribution in [0.15, 0.2) is 42.7 Å². The molecule has 0 unspecified atom stereocenters. The van der Waals surface area contributed by atoms with Gasteiger partial charge in [0.25, 0.3) is 0 Å². The van der Waals surface area contributed by atoms with Crippen LogP contribution in [-0.4, -0.2) is 72.3 Å². The first-order valence-electron chi connectivity index (χ1n) is 11.9. The zero-order valence-corrected chi connectivity index (χ0v) is 21.4. The largest absolute Gasteiger partial charge is 0.493 e. The molecule has 0 saturated heterocycles. The summed E-state index contributed by atoms with van der Waals surface area (Å²) in [6.45, 7) is 7.58. The van der Waals surface area contributed by atoms with Crippen molar-refractivity contribution >= 4 is 22.6 Å². The molecule has 190 valence electrons. The Morgan fingerprint density at radius 2 is 1.92 bits per heavy atom. The minimum absolute atomic E-state index is 0.291. The number of fused-ring (bicyclic) bond motifs is 1. The molecule has 1 aliphatic rings. The fourth-order valence-electron chi connectivity index (χ4n) is 3.94. The maximum Gasteiger partial charge on any atom is 0.410 e. The van der Waals surface area contributed by atoms with Gasteiger partial charge in [-0.15, -0.1) is 0 Å². The van der Waals surface area contributed by atoms with E-state index in [1.807, 2.05) is 57.3 Å². The summed E-state index contributed by atoms with van der Waals surface area (Å²) < 4.78 is 21.9. The SMILES string of the molecule is COCCOc1cc2c(-c3ccc(C4=CCN(C(=O)OC(C)(C)C)CC4)nc3)cnnc2cc1OC. The molecule has 0 fully saturated rings. The van der Waals surface area contributed by atoms with Crippen molar-refractivity contribution in [1.29, 1.82) is 0 Å². The maximum absolute atomic E-state index is 12.3. The van der Waals surface area contributed by atoms with Crippen LogP contribution in [0.25, 0.3) is 27.6 Å². The van der Waals surface area contributed by atoms with E-state index in [2.05, 4.69) is 10.2 Å². The molecule has 2 aromatic heterocycles. The summed E-state index contributed by atoms with van der Waals surface area (Å²) in [7, 11) is 3.22. The molecule has 4 rings (SSSR count). The molecule has 0 atom stereocenters. The van der Waals surface area contributed by atoms with Gasteiger partial charge in [-0.1, -0.05) is 12.1 Å². The number of pyridine rings is 1. The van der Waals surface area contributed by atoms with E-state index in [0.29, 0.717) is 49.7 Å². The number of benzene rings is 1. The van der Waals surface area contributed by atoms with E-state index in [1.54, 1.807) is 25.3 Å². The fourth-order valence-corrected chi connectivity index (χ4v) is 3.94. The molecule has 3 heterocycles. The van der Waals surface area contributed by atoms with Gasteiger partial charge in [0, 0.05) is 49.0 Å². The average Bonchev–Trinajstić information content (AvgIpc) is 2.87. The van der Waals surface area contributed by atoms with E-state index < -0.39 is 5.60 Å². The zero-order chi connectivity index (χ0) is 25.7. The molecule has 0 radical (unpaired) electrons. The number of hydrogen-bond acceptors (Lipinski definition) is 8. The highest BCUT2D eigenvalue weighted by atomic mass is 16.6. The molecule has 36 heavy (non-hydrogen) atoms. The number of carbonyl (C=O) groups is 1. The van der Waals surface area contributed by atoms with Gasteiger partial charge in [0.1, 0.15) is 12.2 Å². The van der Waals surface area contributed by atoms with Gasteiger partial charge in [-0.05, 0) is 44.9 Å². The molecular weight excluding hydrogens is 460 g/mol. The first-order chi connectivity index (χ1) is 17.3. The number of aromatic nitrogens is 3. The van der Waals surface area contributed by atoms with Crippen molar-refractivity contribution in [3.63, 3.8) is 0 Å². The average molecular weight is 493 g/mol. The third-order valence-electron chi connectivity index (χ3n) is 5.73. The van der Waals surface area contributed by atoms with Crippen molar-refractivity contribution in [2.75, 3.05) is 40.5 Å². The van der Waals surface area contributed by atoms with E-state index in [9.17, 15) is 4.79 Å². The van der Waals surface area contributed by atoms with Crippen molar-refractivity contribution in [3.05, 3.63) is 48.4 Å². The highest BCUT2D eigenvalue weighted by Gasteiger charge is 2.24. The Hall–Kier alpha value is -3.72. The summed E-state index contributed by atoms with van der Waals surface area (Å²) in [6.07, 6.45) is 6.02. The maximum atomic E-state index is 12.3. The first-order valence-corrected chi connectivity index (χ1v) is 11.9. The Morgan fingerprint density at radius 3 is 2.56 bits per heavy atom. The van der Waals surface area contributed by atoms with E-state index >= 15 is 0 Å². The van der Waals surface area contributed by atoms with Crippen LogP contribution >= 0.6 is 0 Å². The van der Waals surface area contributed by atoms with Crippen molar-refractivity contribution < 1.29 is 23.7 Å². The van der Waals surface area contributed by atoms with Crippen molar-refractivity contribution in [2.24, 2.45) is 0 Å². The third-order valence-corrected chi connectivity index (χ3v) is 5.73. The van der Waals surface area contributed by atoms with Crippen LogP contribution in [0.3, 0.4) is 0 Å². The predicted octanol–water partition coefficient (Wildman–Crippen LogP) is 4.75. The molecule has 0 N–H and O–H groups in total. The minimum Gasteiger partial charge on any atom is -0.493 e. The number of methoxy groups -OCH3 is 2. The van der Waals surface area contributed by atoms with Crippen LogP contribution in [0.1, 0.15) is 32.9 Å². The molecule has 0 aliphatic carbocycles. The van der Waals surface area contributed by atoms with Crippen LogP contribution in [0.5, 0.6) is 11.5 Å². The van der Waals surface area contributed by atoms with Gasteiger partial charge in [0.15, 0.2) is 11.5 Å². The molecule has 0 bridgehead atoms. The summed E-state index contributed by atoms with van der Waals surface area (Å²) in [4.78, 5) is 18.7. The van der Waals surface area contributed by atoms with E-state index in [0.717, 1.165) is 27.8 Å². The molecule has 9 heteroatoms. The Balaban J connectivity index is 1.55. The van der Waals surface area contributed by atoms with Crippen LogP contribution in [-0.2, 0) is 9.47 Å². The second kappa shape index (κ2) is 10.9. The molecular formula is C27H32N4O5. The number of hydrogen-bond donors (Lipinski definition) is 0. The second-order valence-electron chi connectivity index (χ2n) is 9.46. The van der Waals surface area contributed by atoms with Crippen molar-refractivity contribution in [3.8, 4) is 22.6 Å². The summed E-state index contributed by atoms with van der Waals surface area (Å²) in [5, 5.41) is 9.33. The van der Waals surface area contributed by atoms with E-state index in [1.165, 1.54) is 0 Å². The van der Waals surface area contributed by atoms with Gasteiger partial charge in [-0.2, -0.15) is 10.2 Å². The topological polar surface area (TPSA) is 95.9 Å². The smallest absolute Gasteiger partial charge is 0.410 e. The normalized spacial score (nSPS) is 13.9. The van der Waals surface area contributed by atoms with Crippen LogP contribution in [0, 0.1) is 0 Å². The lowest BCUT2D eigenvalue weighted by Gasteiger charge is -2.29. The molecule has 3 aromatic rings. The molecule has 9 nitrogen and oxygen atoms in total. The van der Waals surface area contributed by atoms with Gasteiger partial charge in [-0.25, -0.2) is 4.79 Å². The van der Waals surface area contributed by atoms with E-state index in [4.69, 9.17) is 23.9 Å². The lowest BCUT2D eigenvalue weighted by Crippen LogP contribution is -2.39. The highest BCUT2D eigenvalue weighted by Crippen LogP contribution is 2.36. The molecule has 1 aliphatic heterocycles. The number of amides is 1. The Bertz CT molecular complexity index is 1250. The first kappa shape index (κ1) is 25.4. The Labute approximate surface area is 211 Å². The number of carbonyl (C=O) groups excluding carboxylic acids is 1. The summed E-state index contributed by atoms with van der Waals surface area (Å²) in [5.41, 5.74) is 4.00. The minimum atomic E-state index is -0.508. The standard InChI is InChI=1S/C27H32N4O5/c1-27(2,3)36-26(32)31-10-8-18(9-11-31)22-7-6-19(16-28-22)21-17-29-30-23-15-24(34-5)25(14-20(21)23)35-13-12-33-4/h6-8,14-17H,9-13H2,1-5H3. The van der Waals surface area contributed by atoms with Crippen molar-refractivity contribution in [2.45, 2.75) is 32.8 Å². The molecule has 1 amide bonds. The Morgan fingerprint density at radius 1 is 1.08 bits per heavy atom. The van der Waals surface area contributed by atoms with Gasteiger partial charge < -0.3 is 23.8 Å². The third kappa shape index (κ3) is 5.91. The second-order valence-corrected chi connectivity index (χ2v) is 9.46. The fraction of sp³-hybridized carbons (Fsp3) is 0.407. The molecule has 0 saturated carbocycles. The quantitative estimate of drug-likeness (QED) is 0.436. The number of ether oxygens (including phenoxy) is 4. The summed E-state index contributed by atoms with van der Waals surface area (Å²) in [6, 6.07) is 7.75. The van der Waals surface area contributed by atoms with Crippen LogP contribution in [0.4, 0.5) is 4.79 Å².